The van der Waals surface area contributed by atoms with Crippen LogP contribution in [0.3, 0.4) is 0 Å². The lowest BCUT2D eigenvalue weighted by atomic mass is 9.97. The highest BCUT2D eigenvalue weighted by Gasteiger charge is 2.07. The van der Waals surface area contributed by atoms with Crippen molar-refractivity contribution in [3.63, 3.8) is 0 Å². The van der Waals surface area contributed by atoms with Gasteiger partial charge < -0.3 is 10.2 Å². The van der Waals surface area contributed by atoms with Gasteiger partial charge in [0.1, 0.15) is 11.5 Å². The lowest BCUT2D eigenvalue weighted by Gasteiger charge is -2.10. The molecule has 0 aliphatic heterocycles. The van der Waals surface area contributed by atoms with E-state index in [1.54, 1.807) is 0 Å². The molecule has 3 aromatic rings. The molecule has 35 heavy (non-hydrogen) atoms. The highest BCUT2D eigenvalue weighted by Crippen LogP contribution is 2.30. The topological polar surface area (TPSA) is 40.5 Å². The Morgan fingerprint density at radius 1 is 0.543 bits per heavy atom. The Bertz CT molecular complexity index is 1010. The maximum atomic E-state index is 10.2. The average molecular weight is 473 g/mol. The number of phenolic OH excluding ortho intramolecular Hbond substituents is 2. The summed E-state index contributed by atoms with van der Waals surface area (Å²) in [5.41, 5.74) is 5.76. The standard InChI is InChI=1S/C33H44O2/c1-26(2)30-24-27(20-22-32(30)34)16-12-9-7-5-3-4-6-8-10-13-17-28-21-23-33(35)31(25-28)29-18-14-11-15-19-29/h11,14-15,18-26,34-35H,3-10,12-13,16-17H2,1-2H3. The summed E-state index contributed by atoms with van der Waals surface area (Å²) in [7, 11) is 0. The largest absolute Gasteiger partial charge is 0.508 e. The molecule has 0 unspecified atom stereocenters. The van der Waals surface area contributed by atoms with Gasteiger partial charge >= 0.3 is 0 Å². The molecule has 0 spiro atoms. The lowest BCUT2D eigenvalue weighted by molar-refractivity contribution is 0.464. The van der Waals surface area contributed by atoms with Gasteiger partial charge in [0.15, 0.2) is 0 Å². The molecule has 0 atom stereocenters. The van der Waals surface area contributed by atoms with Gasteiger partial charge in [-0.2, -0.15) is 0 Å². The van der Waals surface area contributed by atoms with Crippen molar-refractivity contribution in [2.75, 3.05) is 0 Å². The summed E-state index contributed by atoms with van der Waals surface area (Å²) in [6, 6.07) is 22.3. The van der Waals surface area contributed by atoms with E-state index in [0.29, 0.717) is 17.4 Å². The van der Waals surface area contributed by atoms with Gasteiger partial charge in [0.25, 0.3) is 0 Å². The summed E-state index contributed by atoms with van der Waals surface area (Å²) in [5, 5.41) is 20.2. The lowest BCUT2D eigenvalue weighted by Crippen LogP contribution is -1.92. The first-order valence-corrected chi connectivity index (χ1v) is 13.7. The molecular weight excluding hydrogens is 428 g/mol. The normalized spacial score (nSPS) is 11.3. The van der Waals surface area contributed by atoms with Gasteiger partial charge in [0.05, 0.1) is 0 Å². The Morgan fingerprint density at radius 3 is 1.57 bits per heavy atom. The maximum absolute atomic E-state index is 10.2. The number of phenols is 2. The van der Waals surface area contributed by atoms with Gasteiger partial charge in [-0.1, -0.05) is 114 Å². The molecule has 0 aliphatic rings. The molecule has 2 N–H and O–H groups in total. The van der Waals surface area contributed by atoms with Gasteiger partial charge in [0.2, 0.25) is 0 Å². The molecular formula is C33H44O2. The fourth-order valence-corrected chi connectivity index (χ4v) is 4.88. The molecule has 0 fully saturated rings. The molecule has 2 heteroatoms. The number of hydrogen-bond acceptors (Lipinski definition) is 2. The van der Waals surface area contributed by atoms with Crippen LogP contribution in [0, 0.1) is 0 Å². The highest BCUT2D eigenvalue weighted by atomic mass is 16.3. The Balaban J connectivity index is 1.20. The molecule has 3 aromatic carbocycles. The number of rotatable bonds is 15. The van der Waals surface area contributed by atoms with E-state index in [-0.39, 0.29) is 0 Å². The van der Waals surface area contributed by atoms with Crippen LogP contribution in [0.2, 0.25) is 0 Å². The third-order valence-corrected chi connectivity index (χ3v) is 7.04. The second-order valence-electron chi connectivity index (χ2n) is 10.3. The van der Waals surface area contributed by atoms with E-state index in [0.717, 1.165) is 29.5 Å². The molecule has 0 aliphatic carbocycles. The van der Waals surface area contributed by atoms with Gasteiger partial charge in [-0.05, 0) is 72.1 Å². The first-order valence-electron chi connectivity index (χ1n) is 13.7. The minimum Gasteiger partial charge on any atom is -0.508 e. The van der Waals surface area contributed by atoms with Crippen LogP contribution in [0.4, 0.5) is 0 Å². The zero-order valence-electron chi connectivity index (χ0n) is 21.8. The Morgan fingerprint density at radius 2 is 1.03 bits per heavy atom. The smallest absolute Gasteiger partial charge is 0.123 e. The molecule has 188 valence electrons. The van der Waals surface area contributed by atoms with Gasteiger partial charge in [-0.25, -0.2) is 0 Å². The second-order valence-corrected chi connectivity index (χ2v) is 10.3. The quantitative estimate of drug-likeness (QED) is 0.216. The summed E-state index contributed by atoms with van der Waals surface area (Å²) in [5.74, 6) is 1.16. The highest BCUT2D eigenvalue weighted by molar-refractivity contribution is 5.70. The molecule has 2 nitrogen and oxygen atoms in total. The molecule has 0 bridgehead atoms. The predicted molar refractivity (Wildman–Crippen MR) is 149 cm³/mol. The summed E-state index contributed by atoms with van der Waals surface area (Å²) in [6.45, 7) is 4.27. The SMILES string of the molecule is CC(C)c1cc(CCCCCCCCCCCCc2ccc(O)c(-c3ccccc3)c2)ccc1O. The van der Waals surface area contributed by atoms with Gasteiger partial charge in [0, 0.05) is 5.56 Å². The van der Waals surface area contributed by atoms with E-state index in [4.69, 9.17) is 0 Å². The third kappa shape index (κ3) is 9.09. The van der Waals surface area contributed by atoms with E-state index >= 15 is 0 Å². The van der Waals surface area contributed by atoms with Crippen molar-refractivity contribution in [1.82, 2.24) is 0 Å². The number of aryl methyl sites for hydroxylation is 2. The van der Waals surface area contributed by atoms with Crippen LogP contribution in [-0.4, -0.2) is 10.2 Å². The van der Waals surface area contributed by atoms with Crippen molar-refractivity contribution in [3.05, 3.63) is 83.4 Å². The maximum Gasteiger partial charge on any atom is 0.123 e. The van der Waals surface area contributed by atoms with Gasteiger partial charge in [-0.3, -0.25) is 0 Å². The van der Waals surface area contributed by atoms with Crippen LogP contribution >= 0.6 is 0 Å². The van der Waals surface area contributed by atoms with Gasteiger partial charge in [-0.15, -0.1) is 0 Å². The minimum atomic E-state index is 0.362. The summed E-state index contributed by atoms with van der Waals surface area (Å²) in [6.07, 6.45) is 15.3. The van der Waals surface area contributed by atoms with Crippen LogP contribution in [-0.2, 0) is 12.8 Å². The van der Waals surface area contributed by atoms with Crippen molar-refractivity contribution in [1.29, 1.82) is 0 Å². The molecule has 0 heterocycles. The molecule has 0 amide bonds. The Kier molecular flexibility index (Phi) is 11.2. The van der Waals surface area contributed by atoms with Crippen molar-refractivity contribution in [2.45, 2.75) is 96.8 Å². The fourth-order valence-electron chi connectivity index (χ4n) is 4.88. The van der Waals surface area contributed by atoms with Crippen LogP contribution in [0.5, 0.6) is 11.5 Å². The monoisotopic (exact) mass is 472 g/mol. The summed E-state index contributed by atoms with van der Waals surface area (Å²) >= 11 is 0. The number of aromatic hydroxyl groups is 2. The fraction of sp³-hybridized carbons (Fsp3) is 0.455. The zero-order valence-corrected chi connectivity index (χ0v) is 21.8. The van der Waals surface area contributed by atoms with Crippen LogP contribution in [0.1, 0.15) is 101 Å². The number of unbranched alkanes of at least 4 members (excludes halogenated alkanes) is 9. The van der Waals surface area contributed by atoms with Crippen molar-refractivity contribution in [3.8, 4) is 22.6 Å². The third-order valence-electron chi connectivity index (χ3n) is 7.04. The summed E-state index contributed by atoms with van der Waals surface area (Å²) in [4.78, 5) is 0. The first-order chi connectivity index (χ1) is 17.0. The second kappa shape index (κ2) is 14.6. The van der Waals surface area contributed by atoms with Crippen LogP contribution in [0.15, 0.2) is 66.7 Å². The number of hydrogen-bond donors (Lipinski definition) is 2. The Labute approximate surface area is 213 Å². The molecule has 0 radical (unpaired) electrons. The van der Waals surface area contributed by atoms with Crippen molar-refractivity contribution in [2.24, 2.45) is 0 Å². The number of benzene rings is 3. The van der Waals surface area contributed by atoms with E-state index in [1.165, 1.54) is 75.3 Å². The zero-order chi connectivity index (χ0) is 24.9. The molecule has 0 saturated carbocycles. The van der Waals surface area contributed by atoms with Crippen LogP contribution < -0.4 is 0 Å². The van der Waals surface area contributed by atoms with E-state index in [9.17, 15) is 10.2 Å². The summed E-state index contributed by atoms with van der Waals surface area (Å²) < 4.78 is 0. The molecule has 0 saturated heterocycles. The predicted octanol–water partition coefficient (Wildman–Crippen LogP) is 9.57. The van der Waals surface area contributed by atoms with Crippen molar-refractivity contribution < 1.29 is 10.2 Å². The van der Waals surface area contributed by atoms with E-state index in [1.807, 2.05) is 30.3 Å². The average Bonchev–Trinajstić information content (AvgIpc) is 2.87. The van der Waals surface area contributed by atoms with E-state index < -0.39 is 0 Å². The Hall–Kier alpha value is -2.74. The first kappa shape index (κ1) is 26.9. The molecule has 3 rings (SSSR count). The van der Waals surface area contributed by atoms with Crippen molar-refractivity contribution >= 4 is 0 Å². The minimum absolute atomic E-state index is 0.362. The van der Waals surface area contributed by atoms with Crippen LogP contribution in [0.25, 0.3) is 11.1 Å². The van der Waals surface area contributed by atoms with E-state index in [2.05, 4.69) is 50.2 Å². The molecule has 0 aromatic heterocycles.